The first kappa shape index (κ1) is 12.3. The third-order valence-corrected chi connectivity index (χ3v) is 2.47. The maximum absolute atomic E-state index is 11.0. The van der Waals surface area contributed by atoms with Gasteiger partial charge in [-0.1, -0.05) is 0 Å². The fourth-order valence-electron chi connectivity index (χ4n) is 1.23. The molecule has 0 atom stereocenters. The van der Waals surface area contributed by atoms with E-state index in [-0.39, 0.29) is 11.6 Å². The fraction of sp³-hybridized carbons (Fsp3) is 0. The standard InChI is InChI=1S/C11H9BrN4O2/c12-6-3-7(5-15-4-6)18-11-8(13)1-2-9(16-11)10(14)17/h1-5H,13H2,(H2,14,17). The summed E-state index contributed by atoms with van der Waals surface area (Å²) in [4.78, 5) is 18.9. The molecule has 92 valence electrons. The maximum Gasteiger partial charge on any atom is 0.267 e. The lowest BCUT2D eigenvalue weighted by Crippen LogP contribution is -2.13. The van der Waals surface area contributed by atoms with Crippen molar-refractivity contribution in [3.05, 3.63) is 40.8 Å². The average molecular weight is 309 g/mol. The van der Waals surface area contributed by atoms with Gasteiger partial charge in [0.25, 0.3) is 5.91 Å². The Bertz CT molecular complexity index is 603. The van der Waals surface area contributed by atoms with Gasteiger partial charge in [-0.25, -0.2) is 4.98 Å². The lowest BCUT2D eigenvalue weighted by atomic mass is 10.3. The first-order chi connectivity index (χ1) is 8.56. The SMILES string of the molecule is NC(=O)c1ccc(N)c(Oc2cncc(Br)c2)n1. The number of rotatable bonds is 3. The zero-order valence-electron chi connectivity index (χ0n) is 9.13. The summed E-state index contributed by atoms with van der Waals surface area (Å²) in [5, 5.41) is 0. The zero-order chi connectivity index (χ0) is 13.1. The van der Waals surface area contributed by atoms with E-state index in [9.17, 15) is 4.79 Å². The lowest BCUT2D eigenvalue weighted by molar-refractivity contribution is 0.0995. The van der Waals surface area contributed by atoms with E-state index >= 15 is 0 Å². The molecule has 2 aromatic heterocycles. The van der Waals surface area contributed by atoms with Gasteiger partial charge in [0.05, 0.1) is 11.9 Å². The molecule has 1 amide bonds. The van der Waals surface area contributed by atoms with E-state index < -0.39 is 5.91 Å². The van der Waals surface area contributed by atoms with Crippen LogP contribution in [0.1, 0.15) is 10.5 Å². The van der Waals surface area contributed by atoms with Crippen LogP contribution in [0.15, 0.2) is 35.1 Å². The number of carbonyl (C=O) groups is 1. The third-order valence-electron chi connectivity index (χ3n) is 2.04. The molecule has 0 aliphatic carbocycles. The van der Waals surface area contributed by atoms with Gasteiger partial charge >= 0.3 is 0 Å². The van der Waals surface area contributed by atoms with Crippen molar-refractivity contribution >= 4 is 27.5 Å². The van der Waals surface area contributed by atoms with Gasteiger partial charge in [-0.3, -0.25) is 9.78 Å². The number of nitrogens with two attached hydrogens (primary N) is 2. The molecule has 0 aliphatic rings. The lowest BCUT2D eigenvalue weighted by Gasteiger charge is -2.07. The molecule has 0 aliphatic heterocycles. The quantitative estimate of drug-likeness (QED) is 0.898. The Labute approximate surface area is 111 Å². The van der Waals surface area contributed by atoms with Crippen LogP contribution in [0.3, 0.4) is 0 Å². The smallest absolute Gasteiger partial charge is 0.267 e. The number of nitrogen functional groups attached to an aromatic ring is 1. The highest BCUT2D eigenvalue weighted by Crippen LogP contribution is 2.26. The number of pyridine rings is 2. The first-order valence-electron chi connectivity index (χ1n) is 4.91. The molecule has 4 N–H and O–H groups in total. The third kappa shape index (κ3) is 2.75. The van der Waals surface area contributed by atoms with Gasteiger partial charge < -0.3 is 16.2 Å². The van der Waals surface area contributed by atoms with Gasteiger partial charge in [0.1, 0.15) is 11.4 Å². The highest BCUT2D eigenvalue weighted by molar-refractivity contribution is 9.10. The predicted octanol–water partition coefficient (Wildman–Crippen LogP) is 1.71. The maximum atomic E-state index is 11.0. The molecule has 2 heterocycles. The van der Waals surface area contributed by atoms with Crippen LogP contribution < -0.4 is 16.2 Å². The molecule has 18 heavy (non-hydrogen) atoms. The van der Waals surface area contributed by atoms with E-state index in [2.05, 4.69) is 25.9 Å². The van der Waals surface area contributed by atoms with Gasteiger partial charge in [0, 0.05) is 10.7 Å². The highest BCUT2D eigenvalue weighted by Gasteiger charge is 2.09. The molecule has 0 radical (unpaired) electrons. The Kier molecular flexibility index (Phi) is 3.42. The van der Waals surface area contributed by atoms with Crippen LogP contribution in [0, 0.1) is 0 Å². The number of anilines is 1. The van der Waals surface area contributed by atoms with Gasteiger partial charge in [0.2, 0.25) is 5.88 Å². The second-order valence-electron chi connectivity index (χ2n) is 3.40. The predicted molar refractivity (Wildman–Crippen MR) is 69.2 cm³/mol. The van der Waals surface area contributed by atoms with Gasteiger partial charge in [0.15, 0.2) is 0 Å². The average Bonchev–Trinajstić information content (AvgIpc) is 2.31. The number of primary amides is 1. The van der Waals surface area contributed by atoms with Gasteiger partial charge in [-0.05, 0) is 34.1 Å². The van der Waals surface area contributed by atoms with E-state index in [4.69, 9.17) is 16.2 Å². The summed E-state index contributed by atoms with van der Waals surface area (Å²) in [6, 6.07) is 4.64. The van der Waals surface area contributed by atoms with Crippen LogP contribution in [0.4, 0.5) is 5.69 Å². The molecule has 0 aromatic carbocycles. The molecule has 0 bridgehead atoms. The Morgan fingerprint density at radius 1 is 1.33 bits per heavy atom. The van der Waals surface area contributed by atoms with Crippen molar-refractivity contribution in [1.29, 1.82) is 0 Å². The van der Waals surface area contributed by atoms with Crippen LogP contribution in [0.2, 0.25) is 0 Å². The van der Waals surface area contributed by atoms with Crippen molar-refractivity contribution in [3.8, 4) is 11.6 Å². The summed E-state index contributed by atoms with van der Waals surface area (Å²) in [5.74, 6) is -0.0800. The summed E-state index contributed by atoms with van der Waals surface area (Å²) >= 11 is 3.26. The number of amides is 1. The molecule has 0 spiro atoms. The molecule has 0 saturated carbocycles. The summed E-state index contributed by atoms with van der Waals surface area (Å²) in [6.45, 7) is 0. The molecule has 0 saturated heterocycles. The Balaban J connectivity index is 2.33. The number of halogens is 1. The molecule has 2 rings (SSSR count). The summed E-state index contributed by atoms with van der Waals surface area (Å²) in [5.41, 5.74) is 11.2. The minimum atomic E-state index is -0.646. The first-order valence-corrected chi connectivity index (χ1v) is 5.70. The number of nitrogens with zero attached hydrogens (tertiary/aromatic N) is 2. The van der Waals surface area contributed by atoms with Crippen molar-refractivity contribution in [3.63, 3.8) is 0 Å². The number of hydrogen-bond acceptors (Lipinski definition) is 5. The zero-order valence-corrected chi connectivity index (χ0v) is 10.7. The van der Waals surface area contributed by atoms with Crippen LogP contribution >= 0.6 is 15.9 Å². The van der Waals surface area contributed by atoms with Gasteiger partial charge in [-0.15, -0.1) is 0 Å². The van der Waals surface area contributed by atoms with Crippen LogP contribution in [0.25, 0.3) is 0 Å². The van der Waals surface area contributed by atoms with Crippen LogP contribution in [-0.2, 0) is 0 Å². The van der Waals surface area contributed by atoms with Crippen molar-refractivity contribution in [2.75, 3.05) is 5.73 Å². The van der Waals surface area contributed by atoms with E-state index in [1.807, 2.05) is 0 Å². The monoisotopic (exact) mass is 308 g/mol. The largest absolute Gasteiger partial charge is 0.435 e. The second kappa shape index (κ2) is 5.01. The van der Waals surface area contributed by atoms with E-state index in [1.165, 1.54) is 18.3 Å². The molecular weight excluding hydrogens is 300 g/mol. The van der Waals surface area contributed by atoms with Crippen molar-refractivity contribution < 1.29 is 9.53 Å². The topological polar surface area (TPSA) is 104 Å². The van der Waals surface area contributed by atoms with E-state index in [0.717, 1.165) is 4.47 Å². The molecule has 6 nitrogen and oxygen atoms in total. The normalized spacial score (nSPS) is 10.1. The van der Waals surface area contributed by atoms with Crippen LogP contribution in [0.5, 0.6) is 11.6 Å². The van der Waals surface area contributed by atoms with Crippen molar-refractivity contribution in [2.24, 2.45) is 5.73 Å². The Morgan fingerprint density at radius 3 is 2.78 bits per heavy atom. The molecule has 7 heteroatoms. The highest BCUT2D eigenvalue weighted by atomic mass is 79.9. The Morgan fingerprint density at radius 2 is 2.11 bits per heavy atom. The summed E-state index contributed by atoms with van der Waals surface area (Å²) < 4.78 is 6.20. The minimum Gasteiger partial charge on any atom is -0.435 e. The number of carbonyl (C=O) groups excluding carboxylic acids is 1. The number of aromatic nitrogens is 2. The summed E-state index contributed by atoms with van der Waals surface area (Å²) in [7, 11) is 0. The van der Waals surface area contributed by atoms with E-state index in [0.29, 0.717) is 11.4 Å². The summed E-state index contributed by atoms with van der Waals surface area (Å²) in [6.07, 6.45) is 3.12. The second-order valence-corrected chi connectivity index (χ2v) is 4.31. The Hall–Kier alpha value is -2.15. The molecule has 0 fully saturated rings. The number of ether oxygens (including phenoxy) is 1. The molecular formula is C11H9BrN4O2. The van der Waals surface area contributed by atoms with E-state index in [1.54, 1.807) is 12.3 Å². The molecule has 2 aromatic rings. The van der Waals surface area contributed by atoms with Crippen molar-refractivity contribution in [2.45, 2.75) is 0 Å². The number of hydrogen-bond donors (Lipinski definition) is 2. The van der Waals surface area contributed by atoms with Gasteiger partial charge in [-0.2, -0.15) is 0 Å². The molecule has 0 unspecified atom stereocenters. The minimum absolute atomic E-state index is 0.0853. The van der Waals surface area contributed by atoms with Crippen LogP contribution in [-0.4, -0.2) is 15.9 Å². The fourth-order valence-corrected chi connectivity index (χ4v) is 1.57. The van der Waals surface area contributed by atoms with Crippen molar-refractivity contribution in [1.82, 2.24) is 9.97 Å².